The lowest BCUT2D eigenvalue weighted by Crippen LogP contribution is -2.33. The molecule has 0 bridgehead atoms. The average molecular weight is 310 g/mol. The smallest absolute Gasteiger partial charge is 0.407 e. The average Bonchev–Trinajstić information content (AvgIpc) is 2.37. The maximum absolute atomic E-state index is 11.4. The van der Waals surface area contributed by atoms with Crippen LogP contribution in [0.1, 0.15) is 32.8 Å². The van der Waals surface area contributed by atoms with Gasteiger partial charge in [-0.2, -0.15) is 0 Å². The van der Waals surface area contributed by atoms with Gasteiger partial charge in [-0.25, -0.2) is 9.78 Å². The third-order valence-corrected chi connectivity index (χ3v) is 2.60. The van der Waals surface area contributed by atoms with Crippen LogP contribution in [0.25, 0.3) is 0 Å². The number of nitrogens with one attached hydrogen (secondary N) is 2. The van der Waals surface area contributed by atoms with Gasteiger partial charge in [0.15, 0.2) is 0 Å². The molecule has 0 saturated carbocycles. The van der Waals surface area contributed by atoms with Crippen molar-refractivity contribution in [2.75, 3.05) is 18.4 Å². The van der Waals surface area contributed by atoms with Gasteiger partial charge in [0.05, 0.1) is 11.0 Å². The van der Waals surface area contributed by atoms with Crippen LogP contribution in [-0.2, 0) is 4.74 Å². The summed E-state index contributed by atoms with van der Waals surface area (Å²) in [4.78, 5) is 25.9. The molecule has 0 atom stereocenters. The Morgan fingerprint density at radius 3 is 2.68 bits per heavy atom. The Morgan fingerprint density at radius 1 is 1.41 bits per heavy atom. The number of ether oxygens (including phenoxy) is 1. The van der Waals surface area contributed by atoms with Gasteiger partial charge in [0.25, 0.3) is 5.69 Å². The molecule has 1 aromatic heterocycles. The molecule has 8 nitrogen and oxygen atoms in total. The fourth-order valence-electron chi connectivity index (χ4n) is 1.62. The largest absolute Gasteiger partial charge is 0.444 e. The van der Waals surface area contributed by atoms with Crippen LogP contribution >= 0.6 is 0 Å². The molecule has 0 aromatic carbocycles. The monoisotopic (exact) mass is 310 g/mol. The van der Waals surface area contributed by atoms with Gasteiger partial charge in [0.2, 0.25) is 0 Å². The Morgan fingerprint density at radius 2 is 2.09 bits per heavy atom. The molecule has 0 aliphatic rings. The molecule has 0 radical (unpaired) electrons. The number of hydrogen-bond acceptors (Lipinski definition) is 6. The molecule has 0 fully saturated rings. The van der Waals surface area contributed by atoms with E-state index >= 15 is 0 Å². The molecule has 0 aliphatic heterocycles. The zero-order valence-electron chi connectivity index (χ0n) is 13.3. The van der Waals surface area contributed by atoms with E-state index in [9.17, 15) is 14.9 Å². The number of aryl methyl sites for hydroxylation is 1. The highest BCUT2D eigenvalue weighted by atomic mass is 16.6. The highest BCUT2D eigenvalue weighted by Gasteiger charge is 2.15. The Balaban J connectivity index is 2.32. The summed E-state index contributed by atoms with van der Waals surface area (Å²) in [6.07, 6.45) is 1.64. The molecule has 1 aromatic rings. The van der Waals surface area contributed by atoms with E-state index in [1.807, 2.05) is 0 Å². The van der Waals surface area contributed by atoms with Crippen LogP contribution in [-0.4, -0.2) is 34.7 Å². The highest BCUT2D eigenvalue weighted by Crippen LogP contribution is 2.19. The van der Waals surface area contributed by atoms with Crippen LogP contribution in [0.4, 0.5) is 16.3 Å². The lowest BCUT2D eigenvalue weighted by atomic mass is 10.2. The van der Waals surface area contributed by atoms with E-state index in [4.69, 9.17) is 4.74 Å². The number of carbonyl (C=O) groups is 1. The first kappa shape index (κ1) is 17.7. The minimum Gasteiger partial charge on any atom is -0.444 e. The van der Waals surface area contributed by atoms with Gasteiger partial charge >= 0.3 is 6.09 Å². The number of hydrogen-bond donors (Lipinski definition) is 2. The topological polar surface area (TPSA) is 106 Å². The van der Waals surface area contributed by atoms with Crippen LogP contribution < -0.4 is 10.6 Å². The van der Waals surface area contributed by atoms with Gasteiger partial charge in [-0.1, -0.05) is 0 Å². The molecule has 8 heteroatoms. The normalized spacial score (nSPS) is 10.9. The first-order valence-electron chi connectivity index (χ1n) is 7.01. The molecule has 122 valence electrons. The predicted molar refractivity (Wildman–Crippen MR) is 83.0 cm³/mol. The Bertz CT molecular complexity index is 540. The molecular weight excluding hydrogens is 288 g/mol. The predicted octanol–water partition coefficient (Wildman–Crippen LogP) is 2.62. The number of pyridine rings is 1. The molecule has 1 amide bonds. The molecule has 1 heterocycles. The van der Waals surface area contributed by atoms with Crippen molar-refractivity contribution in [3.63, 3.8) is 0 Å². The van der Waals surface area contributed by atoms with Gasteiger partial charge in [-0.15, -0.1) is 0 Å². The number of carbonyl (C=O) groups excluding carboxylic acids is 1. The fourth-order valence-corrected chi connectivity index (χ4v) is 1.62. The first-order valence-corrected chi connectivity index (χ1v) is 7.01. The van der Waals surface area contributed by atoms with Crippen LogP contribution in [0, 0.1) is 17.0 Å². The van der Waals surface area contributed by atoms with Crippen molar-refractivity contribution in [2.24, 2.45) is 0 Å². The second-order valence-corrected chi connectivity index (χ2v) is 5.82. The number of amides is 1. The SMILES string of the molecule is Cc1cnc(NCCCNC(=O)OC(C)(C)C)cc1[N+](=O)[O-]. The van der Waals surface area contributed by atoms with Gasteiger partial charge < -0.3 is 15.4 Å². The van der Waals surface area contributed by atoms with E-state index in [2.05, 4.69) is 15.6 Å². The third kappa shape index (κ3) is 6.38. The van der Waals surface area contributed by atoms with Crippen LogP contribution in [0.15, 0.2) is 12.3 Å². The summed E-state index contributed by atoms with van der Waals surface area (Å²) >= 11 is 0. The first-order chi connectivity index (χ1) is 10.2. The highest BCUT2D eigenvalue weighted by molar-refractivity contribution is 5.67. The summed E-state index contributed by atoms with van der Waals surface area (Å²) < 4.78 is 5.10. The molecule has 2 N–H and O–H groups in total. The minimum absolute atomic E-state index is 0.0318. The lowest BCUT2D eigenvalue weighted by Gasteiger charge is -2.19. The maximum Gasteiger partial charge on any atom is 0.407 e. The van der Waals surface area contributed by atoms with Crippen LogP contribution in [0.2, 0.25) is 0 Å². The van der Waals surface area contributed by atoms with Gasteiger partial charge in [-0.05, 0) is 34.1 Å². The second-order valence-electron chi connectivity index (χ2n) is 5.82. The van der Waals surface area contributed by atoms with Crippen molar-refractivity contribution in [2.45, 2.75) is 39.7 Å². The van der Waals surface area contributed by atoms with Crippen molar-refractivity contribution in [3.8, 4) is 0 Å². The van der Waals surface area contributed by atoms with E-state index in [0.29, 0.717) is 30.9 Å². The summed E-state index contributed by atoms with van der Waals surface area (Å²) in [7, 11) is 0. The van der Waals surface area contributed by atoms with Crippen LogP contribution in [0.3, 0.4) is 0 Å². The third-order valence-electron chi connectivity index (χ3n) is 2.60. The molecule has 1 rings (SSSR count). The number of alkyl carbamates (subject to hydrolysis) is 1. The summed E-state index contributed by atoms with van der Waals surface area (Å²) in [5.41, 5.74) is 0.0270. The molecule has 0 spiro atoms. The van der Waals surface area contributed by atoms with E-state index in [0.717, 1.165) is 0 Å². The number of rotatable bonds is 6. The Hall–Kier alpha value is -2.38. The van der Waals surface area contributed by atoms with Gasteiger partial charge in [-0.3, -0.25) is 10.1 Å². The van der Waals surface area contributed by atoms with E-state index < -0.39 is 16.6 Å². The molecule has 22 heavy (non-hydrogen) atoms. The summed E-state index contributed by atoms with van der Waals surface area (Å²) in [5, 5.41) is 16.4. The standard InChI is InChI=1S/C14H22N4O4/c1-10-9-17-12(8-11(10)18(20)21)15-6-5-7-16-13(19)22-14(2,3)4/h8-9H,5-7H2,1-4H3,(H,15,17)(H,16,19). The molecular formula is C14H22N4O4. The van der Waals surface area contributed by atoms with Crippen molar-refractivity contribution >= 4 is 17.6 Å². The minimum atomic E-state index is -0.521. The number of nitrogens with zero attached hydrogens (tertiary/aromatic N) is 2. The summed E-state index contributed by atoms with van der Waals surface area (Å²) in [5.74, 6) is 0.439. The Labute approximate surface area is 129 Å². The van der Waals surface area contributed by atoms with Crippen molar-refractivity contribution in [1.29, 1.82) is 0 Å². The van der Waals surface area contributed by atoms with Crippen LogP contribution in [0.5, 0.6) is 0 Å². The van der Waals surface area contributed by atoms with Crippen molar-refractivity contribution < 1.29 is 14.5 Å². The second kappa shape index (κ2) is 7.58. The lowest BCUT2D eigenvalue weighted by molar-refractivity contribution is -0.385. The zero-order chi connectivity index (χ0) is 16.8. The molecule has 0 saturated heterocycles. The van der Waals surface area contributed by atoms with E-state index in [-0.39, 0.29) is 5.69 Å². The van der Waals surface area contributed by atoms with Gasteiger partial charge in [0.1, 0.15) is 11.4 Å². The summed E-state index contributed by atoms with van der Waals surface area (Å²) in [6.45, 7) is 8.00. The number of aromatic nitrogens is 1. The quantitative estimate of drug-likeness (QED) is 0.475. The van der Waals surface area contributed by atoms with Crippen molar-refractivity contribution in [3.05, 3.63) is 27.9 Å². The molecule has 0 unspecified atom stereocenters. The molecule has 0 aliphatic carbocycles. The fraction of sp³-hybridized carbons (Fsp3) is 0.571. The van der Waals surface area contributed by atoms with Crippen molar-refractivity contribution in [1.82, 2.24) is 10.3 Å². The zero-order valence-corrected chi connectivity index (χ0v) is 13.3. The van der Waals surface area contributed by atoms with E-state index in [1.165, 1.54) is 12.3 Å². The van der Waals surface area contributed by atoms with Gasteiger partial charge in [0, 0.05) is 24.8 Å². The Kier molecular flexibility index (Phi) is 6.09. The number of anilines is 1. The van der Waals surface area contributed by atoms with E-state index in [1.54, 1.807) is 27.7 Å². The maximum atomic E-state index is 11.4. The number of nitro groups is 1. The summed E-state index contributed by atoms with van der Waals surface area (Å²) in [6, 6.07) is 1.40.